The molecule has 9 heteroatoms. The molecule has 2 amide bonds. The largest absolute Gasteiger partial charge is 0.444 e. The maximum Gasteiger partial charge on any atom is 0.410 e. The summed E-state index contributed by atoms with van der Waals surface area (Å²) in [6.45, 7) is 6.57. The maximum absolute atomic E-state index is 13.0. The van der Waals surface area contributed by atoms with Crippen LogP contribution in [0.1, 0.15) is 85.6 Å². The van der Waals surface area contributed by atoms with Crippen LogP contribution in [0.3, 0.4) is 0 Å². The standard InChI is InChI=1S/C29H39N3O6/c1-28(2,3)38-27(36)31-16-14-29(37,15-17-31)13-9-8-12-24(33)22-18-23(25(34)30-4)26(35)32(20-22)19-21-10-6-5-7-11-21/h5-7,10-11,18,20,37H,8-9,12-17,19H2,1-4H3,(H,30,34). The summed E-state index contributed by atoms with van der Waals surface area (Å²) in [6.07, 6.45) is 4.03. The van der Waals surface area contributed by atoms with Gasteiger partial charge < -0.3 is 24.6 Å². The predicted molar refractivity (Wildman–Crippen MR) is 144 cm³/mol. The van der Waals surface area contributed by atoms with Crippen LogP contribution in [0.5, 0.6) is 0 Å². The molecule has 0 unspecified atom stereocenters. The van der Waals surface area contributed by atoms with E-state index in [-0.39, 0.29) is 30.4 Å². The first-order valence-corrected chi connectivity index (χ1v) is 13.1. The molecule has 0 aliphatic carbocycles. The molecule has 0 bridgehead atoms. The van der Waals surface area contributed by atoms with Crippen molar-refractivity contribution in [1.82, 2.24) is 14.8 Å². The van der Waals surface area contributed by atoms with Crippen LogP contribution in [0.25, 0.3) is 0 Å². The number of carbonyl (C=O) groups is 3. The van der Waals surface area contributed by atoms with Crippen molar-refractivity contribution in [2.45, 2.75) is 77.0 Å². The highest BCUT2D eigenvalue weighted by atomic mass is 16.6. The number of aromatic nitrogens is 1. The number of hydrogen-bond donors (Lipinski definition) is 2. The monoisotopic (exact) mass is 525 g/mol. The van der Waals surface area contributed by atoms with E-state index in [1.807, 2.05) is 51.1 Å². The quantitative estimate of drug-likeness (QED) is 0.380. The molecule has 3 rings (SSSR count). The Balaban J connectivity index is 1.57. The van der Waals surface area contributed by atoms with E-state index in [1.54, 1.807) is 4.90 Å². The van der Waals surface area contributed by atoms with Gasteiger partial charge in [-0.15, -0.1) is 0 Å². The van der Waals surface area contributed by atoms with Crippen molar-refractivity contribution in [1.29, 1.82) is 0 Å². The Morgan fingerprint density at radius 1 is 1.08 bits per heavy atom. The van der Waals surface area contributed by atoms with E-state index in [0.717, 1.165) is 5.56 Å². The van der Waals surface area contributed by atoms with Gasteiger partial charge in [0, 0.05) is 38.3 Å². The second-order valence-electron chi connectivity index (χ2n) is 11.0. The molecule has 0 saturated carbocycles. The number of likely N-dealkylation sites (tertiary alicyclic amines) is 1. The van der Waals surface area contributed by atoms with Gasteiger partial charge in [-0.05, 0) is 58.1 Å². The molecular weight excluding hydrogens is 486 g/mol. The lowest BCUT2D eigenvalue weighted by Gasteiger charge is -2.38. The third kappa shape index (κ3) is 8.02. The molecule has 38 heavy (non-hydrogen) atoms. The third-order valence-corrected chi connectivity index (χ3v) is 6.72. The lowest BCUT2D eigenvalue weighted by molar-refractivity contribution is -0.0377. The number of nitrogens with zero attached hydrogens (tertiary/aromatic N) is 2. The third-order valence-electron chi connectivity index (χ3n) is 6.72. The molecule has 0 spiro atoms. The van der Waals surface area contributed by atoms with Gasteiger partial charge in [-0.2, -0.15) is 0 Å². The van der Waals surface area contributed by atoms with Gasteiger partial charge in [0.1, 0.15) is 11.2 Å². The van der Waals surface area contributed by atoms with E-state index in [9.17, 15) is 24.3 Å². The van der Waals surface area contributed by atoms with E-state index in [1.165, 1.54) is 23.9 Å². The van der Waals surface area contributed by atoms with Crippen molar-refractivity contribution in [3.63, 3.8) is 0 Å². The van der Waals surface area contributed by atoms with Gasteiger partial charge in [0.2, 0.25) is 0 Å². The highest BCUT2D eigenvalue weighted by Gasteiger charge is 2.35. The Bertz CT molecular complexity index is 1190. The number of amides is 2. The van der Waals surface area contributed by atoms with Crippen LogP contribution in [0.15, 0.2) is 47.4 Å². The Hall–Kier alpha value is -3.46. The number of pyridine rings is 1. The number of rotatable bonds is 9. The van der Waals surface area contributed by atoms with Crippen molar-refractivity contribution in [2.75, 3.05) is 20.1 Å². The Kier molecular flexibility index (Phi) is 9.49. The van der Waals surface area contributed by atoms with Crippen LogP contribution >= 0.6 is 0 Å². The molecule has 1 aromatic carbocycles. The summed E-state index contributed by atoms with van der Waals surface area (Å²) < 4.78 is 6.81. The van der Waals surface area contributed by atoms with Crippen LogP contribution in [0, 0.1) is 0 Å². The number of nitrogens with one attached hydrogen (secondary N) is 1. The second-order valence-corrected chi connectivity index (χ2v) is 11.0. The SMILES string of the molecule is CNC(=O)c1cc(C(=O)CCCCC2(O)CCN(C(=O)OC(C)(C)C)CC2)cn(Cc2ccccc2)c1=O. The van der Waals surface area contributed by atoms with Crippen molar-refractivity contribution in [2.24, 2.45) is 0 Å². The average molecular weight is 526 g/mol. The van der Waals surface area contributed by atoms with E-state index >= 15 is 0 Å². The summed E-state index contributed by atoms with van der Waals surface area (Å²) in [6, 6.07) is 10.7. The predicted octanol–water partition coefficient (Wildman–Crippen LogP) is 3.76. The van der Waals surface area contributed by atoms with E-state index in [2.05, 4.69) is 5.32 Å². The van der Waals surface area contributed by atoms with E-state index in [0.29, 0.717) is 50.8 Å². The summed E-state index contributed by atoms with van der Waals surface area (Å²) in [4.78, 5) is 52.1. The Morgan fingerprint density at radius 2 is 1.74 bits per heavy atom. The van der Waals surface area contributed by atoms with E-state index < -0.39 is 22.7 Å². The second kappa shape index (κ2) is 12.4. The van der Waals surface area contributed by atoms with Crippen LogP contribution in [-0.2, 0) is 11.3 Å². The fraction of sp³-hybridized carbons (Fsp3) is 0.517. The summed E-state index contributed by atoms with van der Waals surface area (Å²) in [5.74, 6) is -0.699. The highest BCUT2D eigenvalue weighted by molar-refractivity contribution is 6.00. The molecule has 1 aliphatic heterocycles. The zero-order chi connectivity index (χ0) is 27.9. The van der Waals surface area contributed by atoms with Gasteiger partial charge in [0.25, 0.3) is 11.5 Å². The zero-order valence-electron chi connectivity index (χ0n) is 22.8. The normalized spacial score (nSPS) is 15.1. The molecule has 1 aliphatic rings. The van der Waals surface area contributed by atoms with Crippen LogP contribution < -0.4 is 10.9 Å². The first-order chi connectivity index (χ1) is 17.9. The number of piperidine rings is 1. The molecule has 9 nitrogen and oxygen atoms in total. The maximum atomic E-state index is 13.0. The van der Waals surface area contributed by atoms with Gasteiger partial charge in [-0.25, -0.2) is 4.79 Å². The number of hydrogen-bond acceptors (Lipinski definition) is 6. The number of unbranched alkanes of at least 4 members (excludes halogenated alkanes) is 1. The van der Waals surface area contributed by atoms with Crippen LogP contribution in [-0.4, -0.2) is 63.7 Å². The summed E-state index contributed by atoms with van der Waals surface area (Å²) >= 11 is 0. The number of benzene rings is 1. The Labute approximate surface area is 223 Å². The number of ketones is 1. The fourth-order valence-corrected chi connectivity index (χ4v) is 4.55. The van der Waals surface area contributed by atoms with Crippen molar-refractivity contribution in [3.8, 4) is 0 Å². The van der Waals surface area contributed by atoms with Gasteiger partial charge >= 0.3 is 6.09 Å². The highest BCUT2D eigenvalue weighted by Crippen LogP contribution is 2.29. The molecule has 2 aromatic rings. The summed E-state index contributed by atoms with van der Waals surface area (Å²) in [7, 11) is 1.44. The van der Waals surface area contributed by atoms with E-state index in [4.69, 9.17) is 4.74 Å². The molecule has 1 aromatic heterocycles. The minimum atomic E-state index is -0.878. The Morgan fingerprint density at radius 3 is 2.34 bits per heavy atom. The van der Waals surface area contributed by atoms with Gasteiger partial charge in [-0.3, -0.25) is 14.4 Å². The lowest BCUT2D eigenvalue weighted by Crippen LogP contribution is -2.48. The fourth-order valence-electron chi connectivity index (χ4n) is 4.55. The molecule has 1 fully saturated rings. The van der Waals surface area contributed by atoms with Crippen molar-refractivity contribution >= 4 is 17.8 Å². The minimum Gasteiger partial charge on any atom is -0.444 e. The summed E-state index contributed by atoms with van der Waals surface area (Å²) in [5, 5.41) is 13.4. The van der Waals surface area contributed by atoms with Gasteiger partial charge in [0.05, 0.1) is 12.1 Å². The average Bonchev–Trinajstić information content (AvgIpc) is 2.87. The first kappa shape index (κ1) is 29.1. The molecule has 0 radical (unpaired) electrons. The van der Waals surface area contributed by atoms with Crippen LogP contribution in [0.4, 0.5) is 4.79 Å². The first-order valence-electron chi connectivity index (χ1n) is 13.1. The number of aliphatic hydroxyl groups is 1. The molecule has 2 N–H and O–H groups in total. The van der Waals surface area contributed by atoms with Crippen LogP contribution in [0.2, 0.25) is 0 Å². The number of carbonyl (C=O) groups excluding carboxylic acids is 3. The summed E-state index contributed by atoms with van der Waals surface area (Å²) in [5.41, 5.74) is -0.772. The van der Waals surface area contributed by atoms with Crippen molar-refractivity contribution in [3.05, 3.63) is 69.6 Å². The topological polar surface area (TPSA) is 118 Å². The molecule has 206 valence electrons. The molecule has 1 saturated heterocycles. The lowest BCUT2D eigenvalue weighted by atomic mass is 9.86. The molecule has 2 heterocycles. The molecular formula is C29H39N3O6. The van der Waals surface area contributed by atoms with Crippen molar-refractivity contribution < 1.29 is 24.2 Å². The number of ether oxygens (including phenoxy) is 1. The smallest absolute Gasteiger partial charge is 0.410 e. The van der Waals surface area contributed by atoms with Gasteiger partial charge in [0.15, 0.2) is 5.78 Å². The zero-order valence-corrected chi connectivity index (χ0v) is 22.8. The minimum absolute atomic E-state index is 0.0691. The van der Waals surface area contributed by atoms with Gasteiger partial charge in [-0.1, -0.05) is 36.8 Å². The number of Topliss-reactive ketones (excluding diaryl/α,β-unsaturated/α-hetero) is 1. The molecule has 0 atom stereocenters.